The molecular weight excluding hydrogens is 393 g/mol. The molecule has 0 aliphatic carbocycles. The van der Waals surface area contributed by atoms with Crippen molar-refractivity contribution in [2.45, 2.75) is 34.2 Å². The van der Waals surface area contributed by atoms with Crippen molar-refractivity contribution in [2.75, 3.05) is 5.32 Å². The Morgan fingerprint density at radius 2 is 1.68 bits per heavy atom. The highest BCUT2D eigenvalue weighted by atomic mass is 19.1. The number of aryl methyl sites for hydroxylation is 2. The summed E-state index contributed by atoms with van der Waals surface area (Å²) in [6.07, 6.45) is 0. The van der Waals surface area contributed by atoms with Gasteiger partial charge in [0.1, 0.15) is 5.82 Å². The minimum Gasteiger partial charge on any atom is -0.319 e. The molecule has 0 aliphatic heterocycles. The SMILES string of the molecule is Cc1nn(Cc2cccc(F)c2)c(C)c1NC(=O)c1c(C)nn(-c2ccccc2)c1C. The number of nitrogens with one attached hydrogen (secondary N) is 1. The number of anilines is 1. The zero-order valence-corrected chi connectivity index (χ0v) is 18.0. The first kappa shape index (κ1) is 20.5. The number of carbonyl (C=O) groups is 1. The monoisotopic (exact) mass is 417 g/mol. The Balaban J connectivity index is 1.61. The first-order valence-corrected chi connectivity index (χ1v) is 10.1. The molecule has 0 spiro atoms. The molecule has 4 rings (SSSR count). The summed E-state index contributed by atoms with van der Waals surface area (Å²) in [5.41, 5.74) is 5.84. The topological polar surface area (TPSA) is 64.7 Å². The Labute approximate surface area is 180 Å². The van der Waals surface area contributed by atoms with Crippen LogP contribution in [0.4, 0.5) is 10.1 Å². The molecule has 0 saturated carbocycles. The van der Waals surface area contributed by atoms with Crippen LogP contribution in [-0.2, 0) is 6.54 Å². The lowest BCUT2D eigenvalue weighted by molar-refractivity contribution is 0.102. The Kier molecular flexibility index (Phi) is 5.42. The van der Waals surface area contributed by atoms with Crippen LogP contribution in [-0.4, -0.2) is 25.5 Å². The predicted molar refractivity (Wildman–Crippen MR) is 118 cm³/mol. The van der Waals surface area contributed by atoms with Gasteiger partial charge >= 0.3 is 0 Å². The highest BCUT2D eigenvalue weighted by Gasteiger charge is 2.22. The summed E-state index contributed by atoms with van der Waals surface area (Å²) in [5.74, 6) is -0.511. The molecule has 2 aromatic heterocycles. The van der Waals surface area contributed by atoms with Crippen LogP contribution >= 0.6 is 0 Å². The molecule has 4 aromatic rings. The molecule has 7 heteroatoms. The lowest BCUT2D eigenvalue weighted by Crippen LogP contribution is -2.15. The molecule has 158 valence electrons. The van der Waals surface area contributed by atoms with Crippen molar-refractivity contribution in [3.63, 3.8) is 0 Å². The number of nitrogens with zero attached hydrogens (tertiary/aromatic N) is 4. The van der Waals surface area contributed by atoms with Crippen LogP contribution in [0.25, 0.3) is 5.69 Å². The molecular formula is C24H24FN5O. The number of para-hydroxylation sites is 1. The van der Waals surface area contributed by atoms with Gasteiger partial charge in [0.2, 0.25) is 0 Å². The van der Waals surface area contributed by atoms with E-state index in [1.807, 2.05) is 64.1 Å². The van der Waals surface area contributed by atoms with Crippen molar-refractivity contribution >= 4 is 11.6 Å². The molecule has 0 unspecified atom stereocenters. The second-order valence-corrected chi connectivity index (χ2v) is 7.58. The predicted octanol–water partition coefficient (Wildman–Crippen LogP) is 4.74. The van der Waals surface area contributed by atoms with E-state index in [-0.39, 0.29) is 11.7 Å². The summed E-state index contributed by atoms with van der Waals surface area (Å²) in [4.78, 5) is 13.2. The molecule has 0 bridgehead atoms. The van der Waals surface area contributed by atoms with E-state index in [2.05, 4.69) is 15.5 Å². The van der Waals surface area contributed by atoms with Crippen LogP contribution in [0, 0.1) is 33.5 Å². The second kappa shape index (κ2) is 8.18. The fourth-order valence-corrected chi connectivity index (χ4v) is 3.81. The number of aromatic nitrogens is 4. The number of hydrogen-bond donors (Lipinski definition) is 1. The van der Waals surface area contributed by atoms with E-state index in [0.717, 1.165) is 22.6 Å². The maximum atomic E-state index is 13.5. The first-order chi connectivity index (χ1) is 14.8. The van der Waals surface area contributed by atoms with E-state index in [1.165, 1.54) is 12.1 Å². The van der Waals surface area contributed by atoms with E-state index in [1.54, 1.807) is 15.4 Å². The molecule has 31 heavy (non-hydrogen) atoms. The fourth-order valence-electron chi connectivity index (χ4n) is 3.81. The minimum atomic E-state index is -0.283. The van der Waals surface area contributed by atoms with Crippen LogP contribution in [0.15, 0.2) is 54.6 Å². The van der Waals surface area contributed by atoms with Gasteiger partial charge in [0.25, 0.3) is 5.91 Å². The third-order valence-electron chi connectivity index (χ3n) is 5.36. The number of carbonyl (C=O) groups excluding carboxylic acids is 1. The number of halogens is 1. The highest BCUT2D eigenvalue weighted by Crippen LogP contribution is 2.24. The lowest BCUT2D eigenvalue weighted by Gasteiger charge is -2.08. The molecule has 0 atom stereocenters. The molecule has 2 heterocycles. The van der Waals surface area contributed by atoms with Gasteiger partial charge in [-0.1, -0.05) is 30.3 Å². The van der Waals surface area contributed by atoms with Gasteiger partial charge in [-0.2, -0.15) is 10.2 Å². The summed E-state index contributed by atoms with van der Waals surface area (Å²) in [5, 5.41) is 12.1. The van der Waals surface area contributed by atoms with Crippen LogP contribution < -0.4 is 5.32 Å². The van der Waals surface area contributed by atoms with Crippen molar-refractivity contribution in [1.82, 2.24) is 19.6 Å². The van der Waals surface area contributed by atoms with Crippen LogP contribution in [0.3, 0.4) is 0 Å². The van der Waals surface area contributed by atoms with Crippen molar-refractivity contribution < 1.29 is 9.18 Å². The van der Waals surface area contributed by atoms with Gasteiger partial charge in [-0.15, -0.1) is 0 Å². The van der Waals surface area contributed by atoms with Crippen LogP contribution in [0.2, 0.25) is 0 Å². The maximum Gasteiger partial charge on any atom is 0.259 e. The Bertz CT molecular complexity index is 1260. The van der Waals surface area contributed by atoms with Crippen molar-refractivity contribution in [1.29, 1.82) is 0 Å². The summed E-state index contributed by atoms with van der Waals surface area (Å²) < 4.78 is 17.1. The van der Waals surface area contributed by atoms with E-state index in [4.69, 9.17) is 0 Å². The van der Waals surface area contributed by atoms with Crippen molar-refractivity contribution in [3.05, 3.63) is 94.3 Å². The molecule has 0 fully saturated rings. The van der Waals surface area contributed by atoms with Gasteiger partial charge in [0.05, 0.1) is 46.3 Å². The number of rotatable bonds is 5. The van der Waals surface area contributed by atoms with Gasteiger partial charge in [-0.05, 0) is 57.5 Å². The average molecular weight is 417 g/mol. The quantitative estimate of drug-likeness (QED) is 0.510. The fraction of sp³-hybridized carbons (Fsp3) is 0.208. The molecule has 0 aliphatic rings. The standard InChI is InChI=1S/C24H24FN5O/c1-15-22(17(3)30(28-15)21-11-6-5-7-12-21)24(31)26-23-16(2)27-29(18(23)4)14-19-9-8-10-20(25)13-19/h5-13H,14H2,1-4H3,(H,26,31). The zero-order valence-electron chi connectivity index (χ0n) is 18.0. The van der Waals surface area contributed by atoms with E-state index in [0.29, 0.717) is 29.2 Å². The maximum absolute atomic E-state index is 13.5. The molecule has 0 saturated heterocycles. The Morgan fingerprint density at radius 3 is 2.39 bits per heavy atom. The Morgan fingerprint density at radius 1 is 0.935 bits per heavy atom. The van der Waals surface area contributed by atoms with E-state index >= 15 is 0 Å². The molecule has 2 aromatic carbocycles. The minimum absolute atomic E-state index is 0.228. The van der Waals surface area contributed by atoms with Crippen LogP contribution in [0.5, 0.6) is 0 Å². The zero-order chi connectivity index (χ0) is 22.1. The summed E-state index contributed by atoms with van der Waals surface area (Å²) in [6.45, 7) is 7.87. The highest BCUT2D eigenvalue weighted by molar-refractivity contribution is 6.06. The lowest BCUT2D eigenvalue weighted by atomic mass is 10.1. The summed E-state index contributed by atoms with van der Waals surface area (Å²) in [6, 6.07) is 16.1. The smallest absolute Gasteiger partial charge is 0.259 e. The molecule has 0 radical (unpaired) electrons. The molecule has 6 nitrogen and oxygen atoms in total. The molecule has 1 amide bonds. The van der Waals surface area contributed by atoms with Gasteiger partial charge in [-0.25, -0.2) is 9.07 Å². The number of hydrogen-bond acceptors (Lipinski definition) is 3. The van der Waals surface area contributed by atoms with Gasteiger partial charge in [-0.3, -0.25) is 9.48 Å². The third kappa shape index (κ3) is 3.99. The third-order valence-corrected chi connectivity index (χ3v) is 5.36. The van der Waals surface area contributed by atoms with Gasteiger partial charge in [0.15, 0.2) is 0 Å². The summed E-state index contributed by atoms with van der Waals surface area (Å²) >= 11 is 0. The molecule has 1 N–H and O–H groups in total. The summed E-state index contributed by atoms with van der Waals surface area (Å²) in [7, 11) is 0. The van der Waals surface area contributed by atoms with Crippen molar-refractivity contribution in [2.24, 2.45) is 0 Å². The van der Waals surface area contributed by atoms with Gasteiger partial charge in [0, 0.05) is 0 Å². The number of benzene rings is 2. The largest absolute Gasteiger partial charge is 0.319 e. The first-order valence-electron chi connectivity index (χ1n) is 10.1. The average Bonchev–Trinajstić information content (AvgIpc) is 3.18. The second-order valence-electron chi connectivity index (χ2n) is 7.58. The van der Waals surface area contributed by atoms with Gasteiger partial charge < -0.3 is 5.32 Å². The van der Waals surface area contributed by atoms with E-state index in [9.17, 15) is 9.18 Å². The Hall–Kier alpha value is -3.74. The van der Waals surface area contributed by atoms with Crippen LogP contribution in [0.1, 0.15) is 38.7 Å². The normalized spacial score (nSPS) is 11.0. The van der Waals surface area contributed by atoms with Crippen molar-refractivity contribution in [3.8, 4) is 5.69 Å². The van der Waals surface area contributed by atoms with E-state index < -0.39 is 0 Å². The number of amides is 1.